The molecule has 0 atom stereocenters. The molecule has 3 heterocycles. The third-order valence-corrected chi connectivity index (χ3v) is 21.2. The van der Waals surface area contributed by atoms with Crippen molar-refractivity contribution in [2.45, 2.75) is 102 Å². The predicted octanol–water partition coefficient (Wildman–Crippen LogP) is 11.7. The number of sulfonamides is 1. The molecule has 3 N–H and O–H groups in total. The van der Waals surface area contributed by atoms with Crippen molar-refractivity contribution >= 4 is 69.4 Å². The molecule has 8 rings (SSSR count). The van der Waals surface area contributed by atoms with E-state index >= 15 is 0 Å². The lowest BCUT2D eigenvalue weighted by molar-refractivity contribution is -0.384. The summed E-state index contributed by atoms with van der Waals surface area (Å²) in [7, 11) is -6.38. The molecule has 2 fully saturated rings. The van der Waals surface area contributed by atoms with Crippen LogP contribution >= 0.6 is 11.6 Å². The van der Waals surface area contributed by atoms with Crippen LogP contribution in [0.5, 0.6) is 11.5 Å². The van der Waals surface area contributed by atoms with Crippen molar-refractivity contribution in [3.63, 3.8) is 0 Å². The molecule has 4 aromatic carbocycles. The first-order chi connectivity index (χ1) is 33.6. The maximum absolute atomic E-state index is 14.1. The van der Waals surface area contributed by atoms with E-state index in [-0.39, 0.29) is 39.2 Å². The maximum Gasteiger partial charge on any atom is 0.293 e. The Morgan fingerprint density at radius 2 is 1.66 bits per heavy atom. The van der Waals surface area contributed by atoms with Crippen molar-refractivity contribution in [3.8, 4) is 11.5 Å². The van der Waals surface area contributed by atoms with Gasteiger partial charge in [0, 0.05) is 105 Å². The van der Waals surface area contributed by atoms with Crippen LogP contribution in [0, 0.1) is 15.5 Å². The Bertz CT molecular complexity index is 2860. The van der Waals surface area contributed by atoms with Crippen molar-refractivity contribution in [1.82, 2.24) is 19.5 Å². The zero-order valence-corrected chi connectivity index (χ0v) is 44.8. The van der Waals surface area contributed by atoms with E-state index in [1.807, 2.05) is 36.4 Å². The first-order valence-electron chi connectivity index (χ1n) is 25.0. The van der Waals surface area contributed by atoms with E-state index in [2.05, 4.69) is 89.6 Å². The molecule has 0 spiro atoms. The van der Waals surface area contributed by atoms with E-state index in [0.29, 0.717) is 5.75 Å². The number of nitrogens with zero attached hydrogens (tertiary/aromatic N) is 4. The quantitative estimate of drug-likeness (QED) is 0.0352. The number of carbonyl (C=O) groups is 1. The van der Waals surface area contributed by atoms with Crippen LogP contribution in [0.15, 0.2) is 102 Å². The second-order valence-electron chi connectivity index (χ2n) is 21.8. The lowest BCUT2D eigenvalue weighted by Crippen LogP contribution is -2.47. The Kier molecular flexibility index (Phi) is 15.8. The van der Waals surface area contributed by atoms with Gasteiger partial charge >= 0.3 is 0 Å². The largest absolute Gasteiger partial charge is 0.456 e. The van der Waals surface area contributed by atoms with Gasteiger partial charge in [0.25, 0.3) is 21.6 Å². The summed E-state index contributed by atoms with van der Waals surface area (Å²) in [6.45, 7) is 23.2. The Hall–Kier alpha value is -5.23. The minimum Gasteiger partial charge on any atom is -0.456 e. The predicted molar refractivity (Wildman–Crippen MR) is 288 cm³/mol. The van der Waals surface area contributed by atoms with Crippen LogP contribution in [0.2, 0.25) is 23.2 Å². The standard InChI is InChI=1S/C54H70ClN7O7SSi/c1-53(2,3)71(6,7)68-33-9-26-59-27-22-41(23-28-59)57-48-19-17-43(35-49(48)62(64)65)70(66,67)58-52(63)45-18-16-42(34-51(45)69-50-11-8-10-47-44(50)21-25-56-47)61-31-29-60(30-32-61)37-39-20-24-54(4,5)36-46(39)38-12-14-40(55)15-13-38/h8,10-19,21,25,34-35,41,56-57H,9,20,22-24,26-33,36-37H2,1-7H3,(H,58,63). The summed E-state index contributed by atoms with van der Waals surface area (Å²) in [6, 6.07) is 24.5. The third kappa shape index (κ3) is 12.7. The molecular formula is C54H70ClN7O7SSi. The monoisotopic (exact) mass is 1020 g/mol. The van der Waals surface area contributed by atoms with Gasteiger partial charge in [-0.1, -0.05) is 70.0 Å². The summed E-state index contributed by atoms with van der Waals surface area (Å²) in [5, 5.41) is 17.4. The fourth-order valence-electron chi connectivity index (χ4n) is 9.68. The number of rotatable bonds is 17. The molecule has 71 heavy (non-hydrogen) atoms. The summed E-state index contributed by atoms with van der Waals surface area (Å²) in [5.41, 5.74) is 5.85. The highest BCUT2D eigenvalue weighted by atomic mass is 35.5. The number of nitrogens with one attached hydrogen (secondary N) is 3. The van der Waals surface area contributed by atoms with Crippen molar-refractivity contribution in [2.75, 3.05) is 69.2 Å². The SMILES string of the molecule is CC1(C)CCC(CN2CCN(c3ccc(C(=O)NS(=O)(=O)c4ccc(NC5CCN(CCCO[Si](C)(C)C(C)(C)C)CC5)c([N+](=O)[O-])c4)c(Oc4cccc5[nH]ccc45)c3)CC2)=C(c2ccc(Cl)cc2)C1. The van der Waals surface area contributed by atoms with Crippen LogP contribution in [0.3, 0.4) is 0 Å². The molecule has 5 aromatic rings. The van der Waals surface area contributed by atoms with Crippen LogP contribution < -0.4 is 19.7 Å². The zero-order chi connectivity index (χ0) is 50.7. The van der Waals surface area contributed by atoms with Gasteiger partial charge in [0.2, 0.25) is 0 Å². The van der Waals surface area contributed by atoms with Gasteiger partial charge in [-0.05, 0) is 128 Å². The summed E-state index contributed by atoms with van der Waals surface area (Å²) in [5.74, 6) is -0.273. The number of likely N-dealkylation sites (tertiary alicyclic amines) is 1. The summed E-state index contributed by atoms with van der Waals surface area (Å²) in [4.78, 5) is 35.9. The van der Waals surface area contributed by atoms with E-state index in [9.17, 15) is 23.3 Å². The number of H-pyrrole nitrogens is 1. The number of ether oxygens (including phenoxy) is 1. The molecule has 0 radical (unpaired) electrons. The Morgan fingerprint density at radius 1 is 0.930 bits per heavy atom. The number of anilines is 2. The number of nitro groups is 1. The smallest absolute Gasteiger partial charge is 0.293 e. The Balaban J connectivity index is 0.941. The van der Waals surface area contributed by atoms with Gasteiger partial charge in [0.15, 0.2) is 8.32 Å². The Labute approximate surface area is 425 Å². The van der Waals surface area contributed by atoms with Gasteiger partial charge in [0.05, 0.1) is 15.4 Å². The number of piperidine rings is 1. The molecule has 1 aromatic heterocycles. The van der Waals surface area contributed by atoms with Gasteiger partial charge in [-0.25, -0.2) is 13.1 Å². The van der Waals surface area contributed by atoms with Gasteiger partial charge in [-0.2, -0.15) is 0 Å². The molecule has 0 unspecified atom stereocenters. The molecule has 2 aliphatic heterocycles. The number of nitro benzene ring substituents is 1. The normalized spacial score (nSPS) is 17.7. The number of fused-ring (bicyclic) bond motifs is 1. The van der Waals surface area contributed by atoms with Crippen LogP contribution in [0.25, 0.3) is 16.5 Å². The van der Waals surface area contributed by atoms with E-state index in [1.54, 1.807) is 24.4 Å². The number of halogens is 1. The third-order valence-electron chi connectivity index (χ3n) is 15.1. The number of allylic oxidation sites excluding steroid dienone is 1. The first kappa shape index (κ1) is 52.1. The van der Waals surface area contributed by atoms with E-state index in [4.69, 9.17) is 20.8 Å². The van der Waals surface area contributed by atoms with Crippen molar-refractivity contribution < 1.29 is 27.3 Å². The van der Waals surface area contributed by atoms with Crippen LogP contribution in [-0.4, -0.2) is 107 Å². The number of amides is 1. The lowest BCUT2D eigenvalue weighted by Gasteiger charge is -2.39. The van der Waals surface area contributed by atoms with Crippen LogP contribution in [-0.2, 0) is 14.4 Å². The fourth-order valence-corrected chi connectivity index (χ4v) is 11.9. The number of hydrogen-bond acceptors (Lipinski definition) is 11. The van der Waals surface area contributed by atoms with Crippen molar-refractivity contribution in [1.29, 1.82) is 0 Å². The highest BCUT2D eigenvalue weighted by Crippen LogP contribution is 2.44. The highest BCUT2D eigenvalue weighted by molar-refractivity contribution is 7.90. The van der Waals surface area contributed by atoms with Gasteiger partial charge in [0.1, 0.15) is 17.2 Å². The summed E-state index contributed by atoms with van der Waals surface area (Å²) < 4.78 is 42.9. The summed E-state index contributed by atoms with van der Waals surface area (Å²) in [6.07, 6.45) is 7.50. The minimum absolute atomic E-state index is 0.00681. The van der Waals surface area contributed by atoms with E-state index in [1.165, 1.54) is 28.8 Å². The highest BCUT2D eigenvalue weighted by Gasteiger charge is 2.37. The molecule has 2 saturated heterocycles. The molecule has 1 aliphatic carbocycles. The second-order valence-corrected chi connectivity index (χ2v) is 28.7. The number of piperazine rings is 1. The molecule has 14 nitrogen and oxygen atoms in total. The van der Waals surface area contributed by atoms with Crippen molar-refractivity contribution in [3.05, 3.63) is 123 Å². The van der Waals surface area contributed by atoms with Crippen molar-refractivity contribution in [2.24, 2.45) is 5.41 Å². The topological polar surface area (TPSA) is 162 Å². The average molecular weight is 1020 g/mol. The van der Waals surface area contributed by atoms with E-state index in [0.717, 1.165) is 125 Å². The zero-order valence-electron chi connectivity index (χ0n) is 42.3. The number of hydrogen-bond donors (Lipinski definition) is 3. The molecule has 1 amide bonds. The molecule has 17 heteroatoms. The van der Waals surface area contributed by atoms with Gasteiger partial charge in [-0.15, -0.1) is 0 Å². The fraction of sp³-hybridized carbons (Fsp3) is 0.463. The summed E-state index contributed by atoms with van der Waals surface area (Å²) >= 11 is 6.27. The molecular weight excluding hydrogens is 954 g/mol. The lowest BCUT2D eigenvalue weighted by atomic mass is 9.72. The van der Waals surface area contributed by atoms with Gasteiger partial charge in [-0.3, -0.25) is 19.8 Å². The van der Waals surface area contributed by atoms with Crippen LogP contribution in [0.4, 0.5) is 17.1 Å². The molecule has 0 saturated carbocycles. The average Bonchev–Trinajstić information content (AvgIpc) is 3.82. The Morgan fingerprint density at radius 3 is 2.37 bits per heavy atom. The minimum atomic E-state index is -4.58. The molecule has 380 valence electrons. The number of aromatic amines is 1. The van der Waals surface area contributed by atoms with Gasteiger partial charge < -0.3 is 29.3 Å². The number of carbonyl (C=O) groups excluding carboxylic acids is 1. The van der Waals surface area contributed by atoms with E-state index < -0.39 is 34.1 Å². The molecule has 0 bridgehead atoms. The molecule has 3 aliphatic rings. The first-order valence-corrected chi connectivity index (χ1v) is 29.7. The van der Waals surface area contributed by atoms with Crippen LogP contribution in [0.1, 0.15) is 89.1 Å². The number of aromatic nitrogens is 1. The maximum atomic E-state index is 14.1. The number of benzene rings is 4. The second kappa shape index (κ2) is 21.5.